The summed E-state index contributed by atoms with van der Waals surface area (Å²) in [5.41, 5.74) is 0. The lowest BCUT2D eigenvalue weighted by atomic mass is 9.99. The first-order chi connectivity index (χ1) is 8.90. The highest BCUT2D eigenvalue weighted by Crippen LogP contribution is 2.16. The van der Waals surface area contributed by atoms with Gasteiger partial charge in [0.15, 0.2) is 0 Å². The minimum Gasteiger partial charge on any atom is -0.481 e. The van der Waals surface area contributed by atoms with Gasteiger partial charge in [-0.05, 0) is 46.8 Å². The number of carboxylic acid groups (broad SMARTS) is 1. The van der Waals surface area contributed by atoms with Crippen molar-refractivity contribution >= 4 is 12.0 Å². The van der Waals surface area contributed by atoms with Gasteiger partial charge < -0.3 is 20.2 Å². The summed E-state index contributed by atoms with van der Waals surface area (Å²) < 4.78 is 0. The SMILES string of the molecule is CC(CCN(C)C)NC(=O)N1CCC[C@H](C(=O)O)C1. The smallest absolute Gasteiger partial charge is 0.317 e. The molecule has 1 saturated heterocycles. The number of amides is 2. The lowest BCUT2D eigenvalue weighted by molar-refractivity contribution is -0.143. The van der Waals surface area contributed by atoms with Crippen molar-refractivity contribution in [3.05, 3.63) is 0 Å². The van der Waals surface area contributed by atoms with Crippen LogP contribution < -0.4 is 5.32 Å². The molecule has 2 amide bonds. The molecule has 19 heavy (non-hydrogen) atoms. The summed E-state index contributed by atoms with van der Waals surface area (Å²) in [5.74, 6) is -1.23. The summed E-state index contributed by atoms with van der Waals surface area (Å²) in [6.45, 7) is 3.86. The van der Waals surface area contributed by atoms with Crippen molar-refractivity contribution in [2.45, 2.75) is 32.2 Å². The van der Waals surface area contributed by atoms with E-state index in [0.717, 1.165) is 19.4 Å². The number of aliphatic carboxylic acids is 1. The Morgan fingerprint density at radius 1 is 1.47 bits per heavy atom. The fourth-order valence-corrected chi connectivity index (χ4v) is 2.19. The maximum atomic E-state index is 12.0. The number of piperidine rings is 1. The number of urea groups is 1. The van der Waals surface area contributed by atoms with Crippen LogP contribution in [0, 0.1) is 5.92 Å². The number of hydrogen-bond acceptors (Lipinski definition) is 3. The summed E-state index contributed by atoms with van der Waals surface area (Å²) in [5, 5.41) is 11.9. The summed E-state index contributed by atoms with van der Waals surface area (Å²) in [7, 11) is 3.99. The molecule has 1 unspecified atom stereocenters. The van der Waals surface area contributed by atoms with Gasteiger partial charge in [-0.1, -0.05) is 0 Å². The second kappa shape index (κ2) is 7.33. The molecule has 0 aromatic rings. The summed E-state index contributed by atoms with van der Waals surface area (Å²) in [6.07, 6.45) is 2.31. The van der Waals surface area contributed by atoms with Gasteiger partial charge in [0.2, 0.25) is 0 Å². The van der Waals surface area contributed by atoms with E-state index in [-0.39, 0.29) is 12.1 Å². The third-order valence-corrected chi connectivity index (χ3v) is 3.44. The molecule has 110 valence electrons. The molecule has 0 bridgehead atoms. The third-order valence-electron chi connectivity index (χ3n) is 3.44. The number of carboxylic acids is 1. The molecule has 1 heterocycles. The van der Waals surface area contributed by atoms with E-state index in [1.807, 2.05) is 21.0 Å². The Kier molecular flexibility index (Phi) is 6.08. The van der Waals surface area contributed by atoms with Gasteiger partial charge >= 0.3 is 12.0 Å². The number of nitrogens with one attached hydrogen (secondary N) is 1. The maximum Gasteiger partial charge on any atom is 0.317 e. The molecule has 0 aromatic carbocycles. The molecule has 6 heteroatoms. The largest absolute Gasteiger partial charge is 0.481 e. The molecule has 1 aliphatic heterocycles. The van der Waals surface area contributed by atoms with Gasteiger partial charge in [-0.3, -0.25) is 4.79 Å². The predicted octanol–water partition coefficient (Wildman–Crippen LogP) is 0.833. The van der Waals surface area contributed by atoms with Crippen LogP contribution >= 0.6 is 0 Å². The van der Waals surface area contributed by atoms with Crippen LogP contribution in [-0.4, -0.2) is 66.7 Å². The first-order valence-electron chi connectivity index (χ1n) is 6.83. The van der Waals surface area contributed by atoms with Crippen LogP contribution in [0.5, 0.6) is 0 Å². The van der Waals surface area contributed by atoms with Crippen LogP contribution in [0.3, 0.4) is 0 Å². The van der Waals surface area contributed by atoms with Gasteiger partial charge in [0, 0.05) is 19.1 Å². The minimum atomic E-state index is -0.807. The Morgan fingerprint density at radius 2 is 2.16 bits per heavy atom. The van der Waals surface area contributed by atoms with Crippen molar-refractivity contribution in [3.63, 3.8) is 0 Å². The number of carbonyl (C=O) groups excluding carboxylic acids is 1. The number of carbonyl (C=O) groups is 2. The molecule has 6 nitrogen and oxygen atoms in total. The van der Waals surface area contributed by atoms with E-state index in [9.17, 15) is 9.59 Å². The average Bonchev–Trinajstić information content (AvgIpc) is 2.36. The van der Waals surface area contributed by atoms with Crippen LogP contribution in [0.15, 0.2) is 0 Å². The van der Waals surface area contributed by atoms with E-state index >= 15 is 0 Å². The zero-order valence-electron chi connectivity index (χ0n) is 12.1. The van der Waals surface area contributed by atoms with Gasteiger partial charge in [0.1, 0.15) is 0 Å². The molecule has 0 aromatic heterocycles. The quantitative estimate of drug-likeness (QED) is 0.777. The van der Waals surface area contributed by atoms with Gasteiger partial charge in [-0.2, -0.15) is 0 Å². The van der Waals surface area contributed by atoms with Crippen molar-refractivity contribution in [1.29, 1.82) is 0 Å². The third kappa shape index (κ3) is 5.46. The van der Waals surface area contributed by atoms with E-state index in [0.29, 0.717) is 19.5 Å². The highest BCUT2D eigenvalue weighted by Gasteiger charge is 2.28. The van der Waals surface area contributed by atoms with Crippen LogP contribution in [0.4, 0.5) is 4.79 Å². The monoisotopic (exact) mass is 271 g/mol. The second-order valence-corrected chi connectivity index (χ2v) is 5.57. The van der Waals surface area contributed by atoms with E-state index in [1.165, 1.54) is 0 Å². The molecule has 0 saturated carbocycles. The van der Waals surface area contributed by atoms with Crippen molar-refractivity contribution in [3.8, 4) is 0 Å². The molecular formula is C13H25N3O3. The Hall–Kier alpha value is -1.30. The molecule has 2 atom stereocenters. The molecule has 2 N–H and O–H groups in total. The molecule has 1 fully saturated rings. The van der Waals surface area contributed by atoms with Crippen molar-refractivity contribution in [1.82, 2.24) is 15.1 Å². The van der Waals surface area contributed by atoms with Gasteiger partial charge in [0.25, 0.3) is 0 Å². The Labute approximate surface area is 114 Å². The van der Waals surface area contributed by atoms with Crippen LogP contribution in [-0.2, 0) is 4.79 Å². The Balaban J connectivity index is 2.38. The van der Waals surface area contributed by atoms with E-state index in [1.54, 1.807) is 4.90 Å². The normalized spacial score (nSPS) is 21.3. The van der Waals surface area contributed by atoms with Gasteiger partial charge in [-0.15, -0.1) is 0 Å². The van der Waals surface area contributed by atoms with Gasteiger partial charge in [0.05, 0.1) is 5.92 Å². The first-order valence-corrected chi connectivity index (χ1v) is 6.83. The summed E-state index contributed by atoms with van der Waals surface area (Å²) >= 11 is 0. The number of nitrogens with zero attached hydrogens (tertiary/aromatic N) is 2. The fourth-order valence-electron chi connectivity index (χ4n) is 2.19. The van der Waals surface area contributed by atoms with Crippen molar-refractivity contribution in [2.24, 2.45) is 5.92 Å². The summed E-state index contributed by atoms with van der Waals surface area (Å²) in [4.78, 5) is 26.7. The van der Waals surface area contributed by atoms with E-state index < -0.39 is 11.9 Å². The first kappa shape index (κ1) is 15.8. The Bertz CT molecular complexity index is 320. The van der Waals surface area contributed by atoms with E-state index in [4.69, 9.17) is 5.11 Å². The molecule has 1 aliphatic rings. The van der Waals surface area contributed by atoms with Crippen LogP contribution in [0.25, 0.3) is 0 Å². The number of likely N-dealkylation sites (tertiary alicyclic amines) is 1. The molecule has 0 radical (unpaired) electrons. The minimum absolute atomic E-state index is 0.0973. The maximum absolute atomic E-state index is 12.0. The zero-order valence-corrected chi connectivity index (χ0v) is 12.1. The second-order valence-electron chi connectivity index (χ2n) is 5.57. The summed E-state index contributed by atoms with van der Waals surface area (Å²) in [6, 6.07) is -0.0442. The highest BCUT2D eigenvalue weighted by atomic mass is 16.4. The molecule has 0 spiro atoms. The molecular weight excluding hydrogens is 246 g/mol. The Morgan fingerprint density at radius 3 is 2.74 bits per heavy atom. The highest BCUT2D eigenvalue weighted by molar-refractivity contribution is 5.76. The van der Waals surface area contributed by atoms with Crippen LogP contribution in [0.2, 0.25) is 0 Å². The van der Waals surface area contributed by atoms with Crippen LogP contribution in [0.1, 0.15) is 26.2 Å². The standard InChI is InChI=1S/C13H25N3O3/c1-10(6-8-15(2)3)14-13(19)16-7-4-5-11(9-16)12(17)18/h10-11H,4-9H2,1-3H3,(H,14,19)(H,17,18)/t10?,11-/m0/s1. The molecule has 1 rings (SSSR count). The van der Waals surface area contributed by atoms with Crippen molar-refractivity contribution in [2.75, 3.05) is 33.7 Å². The fraction of sp³-hybridized carbons (Fsp3) is 0.846. The zero-order chi connectivity index (χ0) is 14.4. The van der Waals surface area contributed by atoms with Crippen molar-refractivity contribution < 1.29 is 14.7 Å². The number of hydrogen-bond donors (Lipinski definition) is 2. The predicted molar refractivity (Wildman–Crippen MR) is 73.1 cm³/mol. The lowest BCUT2D eigenvalue weighted by Gasteiger charge is -2.31. The topological polar surface area (TPSA) is 72.9 Å². The van der Waals surface area contributed by atoms with Gasteiger partial charge in [-0.25, -0.2) is 4.79 Å². The lowest BCUT2D eigenvalue weighted by Crippen LogP contribution is -2.49. The molecule has 0 aliphatic carbocycles. The van der Waals surface area contributed by atoms with E-state index in [2.05, 4.69) is 10.2 Å². The average molecular weight is 271 g/mol. The number of rotatable bonds is 5.